The fourth-order valence-corrected chi connectivity index (χ4v) is 3.77. The zero-order valence-electron chi connectivity index (χ0n) is 15.9. The quantitative estimate of drug-likeness (QED) is 0.528. The van der Waals surface area contributed by atoms with E-state index in [9.17, 15) is 22.4 Å². The summed E-state index contributed by atoms with van der Waals surface area (Å²) in [5, 5.41) is 0. The summed E-state index contributed by atoms with van der Waals surface area (Å²) in [5.41, 5.74) is 0.435. The van der Waals surface area contributed by atoms with Crippen LogP contribution in [0.5, 0.6) is 0 Å². The van der Waals surface area contributed by atoms with Gasteiger partial charge in [-0.05, 0) is 59.5 Å². The number of carbonyl (C=O) groups is 1. The lowest BCUT2D eigenvalue weighted by atomic mass is 9.98. The van der Waals surface area contributed by atoms with E-state index in [4.69, 9.17) is 0 Å². The maximum absolute atomic E-state index is 13.6. The Hall–Kier alpha value is -3.22. The molecule has 1 fully saturated rings. The minimum absolute atomic E-state index is 0.0593. The van der Waals surface area contributed by atoms with Gasteiger partial charge in [0.05, 0.1) is 5.56 Å². The van der Waals surface area contributed by atoms with Crippen LogP contribution < -0.4 is 0 Å². The number of hydrogen-bond acceptors (Lipinski definition) is 2. The number of likely N-dealkylation sites (tertiary alicyclic amines) is 1. The number of pyridine rings is 1. The Morgan fingerprint density at radius 1 is 1.03 bits per heavy atom. The van der Waals surface area contributed by atoms with Gasteiger partial charge in [0, 0.05) is 37.0 Å². The number of nitrogens with zero attached hydrogens (tertiary/aromatic N) is 2. The second-order valence-corrected chi connectivity index (χ2v) is 7.33. The van der Waals surface area contributed by atoms with Crippen molar-refractivity contribution in [1.29, 1.82) is 0 Å². The fraction of sp³-hybridized carbons (Fsp3) is 0.217. The summed E-state index contributed by atoms with van der Waals surface area (Å²) in [6, 6.07) is 12.2. The van der Waals surface area contributed by atoms with E-state index in [1.807, 2.05) is 12.1 Å². The second kappa shape index (κ2) is 7.89. The van der Waals surface area contributed by atoms with Crippen molar-refractivity contribution in [2.24, 2.45) is 0 Å². The van der Waals surface area contributed by atoms with Gasteiger partial charge in [-0.2, -0.15) is 13.2 Å². The van der Waals surface area contributed by atoms with Crippen molar-refractivity contribution in [3.63, 3.8) is 0 Å². The lowest BCUT2D eigenvalue weighted by molar-refractivity contribution is -0.137. The van der Waals surface area contributed by atoms with Crippen molar-refractivity contribution in [2.75, 3.05) is 13.1 Å². The molecule has 154 valence electrons. The van der Waals surface area contributed by atoms with Crippen molar-refractivity contribution < 1.29 is 22.4 Å². The fourth-order valence-electron chi connectivity index (χ4n) is 3.77. The van der Waals surface area contributed by atoms with Crippen molar-refractivity contribution in [3.05, 3.63) is 89.5 Å². The van der Waals surface area contributed by atoms with Crippen molar-refractivity contribution in [2.45, 2.75) is 18.5 Å². The van der Waals surface area contributed by atoms with Gasteiger partial charge >= 0.3 is 6.18 Å². The zero-order valence-corrected chi connectivity index (χ0v) is 15.9. The molecule has 2 heterocycles. The molecular formula is C23H18F4N2O. The van der Waals surface area contributed by atoms with Crippen LogP contribution in [0.3, 0.4) is 0 Å². The average Bonchev–Trinajstić information content (AvgIpc) is 3.23. The van der Waals surface area contributed by atoms with Gasteiger partial charge in [0.25, 0.3) is 5.91 Å². The van der Waals surface area contributed by atoms with Gasteiger partial charge < -0.3 is 4.90 Å². The zero-order chi connectivity index (χ0) is 21.3. The summed E-state index contributed by atoms with van der Waals surface area (Å²) in [6.45, 7) is 0.861. The van der Waals surface area contributed by atoms with E-state index < -0.39 is 23.5 Å². The third-order valence-corrected chi connectivity index (χ3v) is 5.30. The Kier molecular flexibility index (Phi) is 5.28. The monoisotopic (exact) mass is 414 g/mol. The number of amides is 1. The molecule has 7 heteroatoms. The van der Waals surface area contributed by atoms with Crippen LogP contribution in [0.2, 0.25) is 0 Å². The van der Waals surface area contributed by atoms with E-state index >= 15 is 0 Å². The smallest absolute Gasteiger partial charge is 0.338 e. The molecule has 1 aliphatic heterocycles. The van der Waals surface area contributed by atoms with Crippen LogP contribution in [0.25, 0.3) is 11.1 Å². The van der Waals surface area contributed by atoms with Crippen molar-refractivity contribution in [1.82, 2.24) is 9.88 Å². The van der Waals surface area contributed by atoms with E-state index in [0.717, 1.165) is 23.8 Å². The van der Waals surface area contributed by atoms with E-state index in [1.54, 1.807) is 17.3 Å². The highest BCUT2D eigenvalue weighted by atomic mass is 19.4. The summed E-state index contributed by atoms with van der Waals surface area (Å²) in [5.74, 6) is -0.932. The number of rotatable bonds is 3. The molecule has 1 unspecified atom stereocenters. The second-order valence-electron chi connectivity index (χ2n) is 7.33. The van der Waals surface area contributed by atoms with Crippen LogP contribution in [0, 0.1) is 5.82 Å². The lowest BCUT2D eigenvalue weighted by Crippen LogP contribution is -2.28. The van der Waals surface area contributed by atoms with Gasteiger partial charge in [-0.25, -0.2) is 4.39 Å². The lowest BCUT2D eigenvalue weighted by Gasteiger charge is -2.19. The third kappa shape index (κ3) is 4.20. The Morgan fingerprint density at radius 3 is 2.57 bits per heavy atom. The molecule has 3 nitrogen and oxygen atoms in total. The molecule has 0 bridgehead atoms. The average molecular weight is 414 g/mol. The first-order valence-electron chi connectivity index (χ1n) is 9.49. The molecule has 0 saturated carbocycles. The highest BCUT2D eigenvalue weighted by molar-refractivity contribution is 5.96. The molecule has 30 heavy (non-hydrogen) atoms. The minimum Gasteiger partial charge on any atom is -0.338 e. The molecular weight excluding hydrogens is 396 g/mol. The standard InChI is InChI=1S/C23H18F4N2O/c24-21-5-1-3-15(12-21)18-9-19(11-20(10-18)23(25,26)27)22(30)29-8-6-17(14-29)16-4-2-7-28-13-16/h1-5,7,9-13,17H,6,8,14H2. The normalized spacial score (nSPS) is 16.7. The third-order valence-electron chi connectivity index (χ3n) is 5.30. The summed E-state index contributed by atoms with van der Waals surface area (Å²) in [6.07, 6.45) is -0.502. The van der Waals surface area contributed by atoms with Crippen LogP contribution in [0.1, 0.15) is 33.8 Å². The molecule has 0 aliphatic carbocycles. The molecule has 0 N–H and O–H groups in total. The molecule has 2 aromatic carbocycles. The minimum atomic E-state index is -4.62. The number of benzene rings is 2. The molecule has 0 spiro atoms. The molecule has 1 amide bonds. The number of carbonyl (C=O) groups excluding carboxylic acids is 1. The maximum atomic E-state index is 13.6. The number of hydrogen-bond donors (Lipinski definition) is 0. The van der Waals surface area contributed by atoms with Gasteiger partial charge in [-0.15, -0.1) is 0 Å². The summed E-state index contributed by atoms with van der Waals surface area (Å²) < 4.78 is 54.0. The highest BCUT2D eigenvalue weighted by Crippen LogP contribution is 2.35. The Labute approximate surface area is 171 Å². The van der Waals surface area contributed by atoms with Gasteiger partial charge in [-0.1, -0.05) is 18.2 Å². The largest absolute Gasteiger partial charge is 0.416 e. The van der Waals surface area contributed by atoms with Crippen LogP contribution >= 0.6 is 0 Å². The number of aromatic nitrogens is 1. The summed E-state index contributed by atoms with van der Waals surface area (Å²) >= 11 is 0. The SMILES string of the molecule is O=C(c1cc(-c2cccc(F)c2)cc(C(F)(F)F)c1)N1CCC(c2cccnc2)C1. The summed E-state index contributed by atoms with van der Waals surface area (Å²) in [7, 11) is 0. The first-order valence-corrected chi connectivity index (χ1v) is 9.49. The van der Waals surface area contributed by atoms with Crippen LogP contribution in [0.15, 0.2) is 67.0 Å². The molecule has 0 radical (unpaired) electrons. The molecule has 1 aliphatic rings. The van der Waals surface area contributed by atoms with Crippen molar-refractivity contribution in [3.8, 4) is 11.1 Å². The topological polar surface area (TPSA) is 33.2 Å². The van der Waals surface area contributed by atoms with Gasteiger partial charge in [0.2, 0.25) is 0 Å². The number of alkyl halides is 3. The first-order chi connectivity index (χ1) is 14.3. The predicted molar refractivity (Wildman–Crippen MR) is 104 cm³/mol. The molecule has 1 aromatic heterocycles. The number of halogens is 4. The van der Waals surface area contributed by atoms with Crippen LogP contribution in [0.4, 0.5) is 17.6 Å². The van der Waals surface area contributed by atoms with Gasteiger partial charge in [-0.3, -0.25) is 9.78 Å². The van der Waals surface area contributed by atoms with E-state index in [0.29, 0.717) is 19.5 Å². The van der Waals surface area contributed by atoms with Gasteiger partial charge in [0.15, 0.2) is 0 Å². The van der Waals surface area contributed by atoms with E-state index in [2.05, 4.69) is 4.98 Å². The highest BCUT2D eigenvalue weighted by Gasteiger charge is 2.34. The maximum Gasteiger partial charge on any atom is 0.416 e. The van der Waals surface area contributed by atoms with Crippen LogP contribution in [-0.4, -0.2) is 28.9 Å². The van der Waals surface area contributed by atoms with Crippen LogP contribution in [-0.2, 0) is 6.18 Å². The predicted octanol–water partition coefficient (Wildman–Crippen LogP) is 5.54. The first kappa shape index (κ1) is 20.1. The summed E-state index contributed by atoms with van der Waals surface area (Å²) in [4.78, 5) is 18.7. The van der Waals surface area contributed by atoms with E-state index in [-0.39, 0.29) is 22.6 Å². The van der Waals surface area contributed by atoms with E-state index in [1.165, 1.54) is 24.3 Å². The molecule has 1 atom stereocenters. The Morgan fingerprint density at radius 2 is 1.87 bits per heavy atom. The Balaban J connectivity index is 1.66. The van der Waals surface area contributed by atoms with Gasteiger partial charge in [0.1, 0.15) is 5.82 Å². The molecule has 4 rings (SSSR count). The van der Waals surface area contributed by atoms with Crippen molar-refractivity contribution >= 4 is 5.91 Å². The molecule has 1 saturated heterocycles. The Bertz CT molecular complexity index is 1070. The molecule has 3 aromatic rings.